The molecule has 4 nitrogen and oxygen atoms in total. The summed E-state index contributed by atoms with van der Waals surface area (Å²) in [6.45, 7) is 6.93. The molecule has 92 valence electrons. The largest absolute Gasteiger partial charge is 0.468 e. The Bertz CT molecular complexity index is 537. The number of rotatable bonds is 2. The van der Waals surface area contributed by atoms with Crippen molar-refractivity contribution in [2.45, 2.75) is 32.9 Å². The molecule has 2 aromatic rings. The first-order valence-corrected chi connectivity index (χ1v) is 5.73. The third-order valence-electron chi connectivity index (χ3n) is 2.78. The van der Waals surface area contributed by atoms with Crippen LogP contribution in [0.4, 0.5) is 0 Å². The smallest absolute Gasteiger partial charge is 0.297 e. The highest BCUT2D eigenvalue weighted by Crippen LogP contribution is 2.29. The van der Waals surface area contributed by atoms with Crippen molar-refractivity contribution in [3.63, 3.8) is 0 Å². The zero-order valence-electron chi connectivity index (χ0n) is 10.8. The van der Waals surface area contributed by atoms with Crippen LogP contribution in [-0.2, 0) is 12.1 Å². The summed E-state index contributed by atoms with van der Waals surface area (Å²) in [6.07, 6.45) is 0. The SMILES string of the molecule is COc1nc2cc(CN)ccc2n1C(C)(C)C. The van der Waals surface area contributed by atoms with Crippen LogP contribution in [0.5, 0.6) is 6.01 Å². The Labute approximate surface area is 101 Å². The van der Waals surface area contributed by atoms with Gasteiger partial charge in [-0.1, -0.05) is 6.07 Å². The van der Waals surface area contributed by atoms with Gasteiger partial charge in [-0.25, -0.2) is 0 Å². The molecular weight excluding hydrogens is 214 g/mol. The second-order valence-electron chi connectivity index (χ2n) is 5.13. The molecule has 0 bridgehead atoms. The predicted octanol–water partition coefficient (Wildman–Crippen LogP) is 2.26. The van der Waals surface area contributed by atoms with Crippen LogP contribution >= 0.6 is 0 Å². The Hall–Kier alpha value is -1.55. The number of imidazole rings is 1. The summed E-state index contributed by atoms with van der Waals surface area (Å²) >= 11 is 0. The number of nitrogens with zero attached hydrogens (tertiary/aromatic N) is 2. The normalized spacial score (nSPS) is 12.1. The first kappa shape index (κ1) is 11.9. The quantitative estimate of drug-likeness (QED) is 0.865. The highest BCUT2D eigenvalue weighted by atomic mass is 16.5. The summed E-state index contributed by atoms with van der Waals surface area (Å²) in [4.78, 5) is 4.49. The molecular formula is C13H19N3O. The van der Waals surface area contributed by atoms with E-state index in [1.165, 1.54) is 0 Å². The molecule has 17 heavy (non-hydrogen) atoms. The first-order valence-electron chi connectivity index (χ1n) is 5.73. The molecule has 0 aliphatic rings. The molecule has 0 spiro atoms. The molecule has 0 aliphatic carbocycles. The van der Waals surface area contributed by atoms with E-state index in [1.54, 1.807) is 7.11 Å². The van der Waals surface area contributed by atoms with Crippen molar-refractivity contribution in [3.05, 3.63) is 23.8 Å². The zero-order chi connectivity index (χ0) is 12.6. The fourth-order valence-electron chi connectivity index (χ4n) is 2.02. The lowest BCUT2D eigenvalue weighted by Gasteiger charge is -2.23. The summed E-state index contributed by atoms with van der Waals surface area (Å²) in [7, 11) is 1.65. The number of methoxy groups -OCH3 is 1. The van der Waals surface area contributed by atoms with E-state index in [1.807, 2.05) is 12.1 Å². The maximum Gasteiger partial charge on any atom is 0.297 e. The maximum atomic E-state index is 5.64. The Morgan fingerprint density at radius 1 is 1.35 bits per heavy atom. The molecule has 2 rings (SSSR count). The highest BCUT2D eigenvalue weighted by Gasteiger charge is 2.21. The zero-order valence-corrected chi connectivity index (χ0v) is 10.8. The Kier molecular flexibility index (Phi) is 2.83. The number of hydrogen-bond acceptors (Lipinski definition) is 3. The van der Waals surface area contributed by atoms with Crippen molar-refractivity contribution in [3.8, 4) is 6.01 Å². The van der Waals surface area contributed by atoms with Gasteiger partial charge in [0.25, 0.3) is 6.01 Å². The molecule has 0 radical (unpaired) electrons. The Morgan fingerprint density at radius 3 is 2.59 bits per heavy atom. The average Bonchev–Trinajstić information content (AvgIpc) is 2.65. The van der Waals surface area contributed by atoms with E-state index >= 15 is 0 Å². The van der Waals surface area contributed by atoms with E-state index < -0.39 is 0 Å². The minimum atomic E-state index is -0.0652. The van der Waals surface area contributed by atoms with Crippen LogP contribution < -0.4 is 10.5 Å². The molecule has 0 atom stereocenters. The molecule has 0 aliphatic heterocycles. The van der Waals surface area contributed by atoms with Crippen molar-refractivity contribution in [2.75, 3.05) is 7.11 Å². The second-order valence-corrected chi connectivity index (χ2v) is 5.13. The lowest BCUT2D eigenvalue weighted by molar-refractivity contribution is 0.305. The van der Waals surface area contributed by atoms with Crippen LogP contribution in [0.25, 0.3) is 11.0 Å². The van der Waals surface area contributed by atoms with E-state index in [4.69, 9.17) is 10.5 Å². The van der Waals surface area contributed by atoms with E-state index in [2.05, 4.69) is 36.4 Å². The van der Waals surface area contributed by atoms with Crippen LogP contribution in [0, 0.1) is 0 Å². The molecule has 0 unspecified atom stereocenters. The van der Waals surface area contributed by atoms with Gasteiger partial charge in [0.05, 0.1) is 18.1 Å². The first-order chi connectivity index (χ1) is 7.97. The lowest BCUT2D eigenvalue weighted by atomic mass is 10.1. The number of ether oxygens (including phenoxy) is 1. The number of aromatic nitrogens is 2. The van der Waals surface area contributed by atoms with Crippen molar-refractivity contribution < 1.29 is 4.74 Å². The van der Waals surface area contributed by atoms with Crippen LogP contribution in [0.2, 0.25) is 0 Å². The van der Waals surface area contributed by atoms with Crippen molar-refractivity contribution in [1.82, 2.24) is 9.55 Å². The van der Waals surface area contributed by atoms with Crippen LogP contribution in [0.3, 0.4) is 0 Å². The van der Waals surface area contributed by atoms with E-state index in [-0.39, 0.29) is 5.54 Å². The Balaban J connectivity index is 2.73. The number of hydrogen-bond donors (Lipinski definition) is 1. The molecule has 4 heteroatoms. The standard InChI is InChI=1S/C13H19N3O/c1-13(2,3)16-11-6-5-9(8-14)7-10(11)15-12(16)17-4/h5-7H,8,14H2,1-4H3. The van der Waals surface area contributed by atoms with Gasteiger partial charge in [-0.15, -0.1) is 0 Å². The van der Waals surface area contributed by atoms with Gasteiger partial charge in [-0.3, -0.25) is 4.57 Å². The highest BCUT2D eigenvalue weighted by molar-refractivity contribution is 5.78. The van der Waals surface area contributed by atoms with Gasteiger partial charge in [0, 0.05) is 12.1 Å². The van der Waals surface area contributed by atoms with Gasteiger partial charge in [0.1, 0.15) is 0 Å². The Morgan fingerprint density at radius 2 is 2.06 bits per heavy atom. The molecule has 1 aromatic heterocycles. The average molecular weight is 233 g/mol. The second kappa shape index (κ2) is 4.04. The van der Waals surface area contributed by atoms with Gasteiger partial charge in [0.2, 0.25) is 0 Å². The fraction of sp³-hybridized carbons (Fsp3) is 0.462. The van der Waals surface area contributed by atoms with E-state index in [9.17, 15) is 0 Å². The fourth-order valence-corrected chi connectivity index (χ4v) is 2.02. The van der Waals surface area contributed by atoms with Crippen molar-refractivity contribution in [1.29, 1.82) is 0 Å². The molecule has 0 saturated heterocycles. The summed E-state index contributed by atoms with van der Waals surface area (Å²) in [5.74, 6) is 0. The minimum absolute atomic E-state index is 0.0652. The topological polar surface area (TPSA) is 53.1 Å². The van der Waals surface area contributed by atoms with Gasteiger partial charge < -0.3 is 10.5 Å². The predicted molar refractivity (Wildman–Crippen MR) is 69.2 cm³/mol. The summed E-state index contributed by atoms with van der Waals surface area (Å²) in [5, 5.41) is 0. The van der Waals surface area contributed by atoms with Crippen LogP contribution in [0.15, 0.2) is 18.2 Å². The monoisotopic (exact) mass is 233 g/mol. The summed E-state index contributed by atoms with van der Waals surface area (Å²) in [6, 6.07) is 6.74. The van der Waals surface area contributed by atoms with Gasteiger partial charge >= 0.3 is 0 Å². The van der Waals surface area contributed by atoms with E-state index in [0.29, 0.717) is 12.6 Å². The van der Waals surface area contributed by atoms with Crippen molar-refractivity contribution in [2.24, 2.45) is 5.73 Å². The van der Waals surface area contributed by atoms with Crippen LogP contribution in [0.1, 0.15) is 26.3 Å². The maximum absolute atomic E-state index is 5.64. The van der Waals surface area contributed by atoms with Crippen molar-refractivity contribution >= 4 is 11.0 Å². The molecule has 1 aromatic carbocycles. The third kappa shape index (κ3) is 2.00. The number of benzene rings is 1. The van der Waals surface area contributed by atoms with E-state index in [0.717, 1.165) is 16.6 Å². The van der Waals surface area contributed by atoms with Gasteiger partial charge in [0.15, 0.2) is 0 Å². The van der Waals surface area contributed by atoms with Gasteiger partial charge in [-0.05, 0) is 38.5 Å². The third-order valence-corrected chi connectivity index (χ3v) is 2.78. The molecule has 0 amide bonds. The molecule has 1 heterocycles. The molecule has 2 N–H and O–H groups in total. The summed E-state index contributed by atoms with van der Waals surface area (Å²) in [5.41, 5.74) is 8.66. The lowest BCUT2D eigenvalue weighted by Crippen LogP contribution is -2.22. The molecule has 0 saturated carbocycles. The molecule has 0 fully saturated rings. The minimum Gasteiger partial charge on any atom is -0.468 e. The van der Waals surface area contributed by atoms with Gasteiger partial charge in [-0.2, -0.15) is 4.98 Å². The van der Waals surface area contributed by atoms with Crippen LogP contribution in [-0.4, -0.2) is 16.7 Å². The summed E-state index contributed by atoms with van der Waals surface area (Å²) < 4.78 is 7.45. The number of nitrogens with two attached hydrogens (primary N) is 1. The number of fused-ring (bicyclic) bond motifs is 1.